The molecule has 1 aliphatic heterocycles. The van der Waals surface area contributed by atoms with Crippen molar-refractivity contribution in [1.29, 1.82) is 5.26 Å². The van der Waals surface area contributed by atoms with Gasteiger partial charge in [-0.3, -0.25) is 0 Å². The summed E-state index contributed by atoms with van der Waals surface area (Å²) in [5.74, 6) is 1.99. The van der Waals surface area contributed by atoms with Crippen molar-refractivity contribution in [3.8, 4) is 11.8 Å². The number of hydrogen-bond acceptors (Lipinski definition) is 5. The number of benzene rings is 1. The van der Waals surface area contributed by atoms with E-state index in [-0.39, 0.29) is 6.03 Å². The molecule has 0 spiro atoms. The number of rotatable bonds is 5. The maximum Gasteiger partial charge on any atom is 0.317 e. The van der Waals surface area contributed by atoms with Gasteiger partial charge >= 0.3 is 6.03 Å². The van der Waals surface area contributed by atoms with E-state index in [0.29, 0.717) is 50.0 Å². The van der Waals surface area contributed by atoms with Crippen LogP contribution in [0.15, 0.2) is 24.3 Å². The number of anilines is 1. The highest BCUT2D eigenvalue weighted by Crippen LogP contribution is 2.26. The van der Waals surface area contributed by atoms with Crippen molar-refractivity contribution in [2.24, 2.45) is 5.92 Å². The molecule has 0 saturated carbocycles. The molecule has 2 aromatic rings. The Morgan fingerprint density at radius 2 is 2.04 bits per heavy atom. The zero-order chi connectivity index (χ0) is 20.1. The lowest BCUT2D eigenvalue weighted by molar-refractivity contribution is 0.193. The molecule has 1 aromatic heterocycles. The Labute approximate surface area is 165 Å². The average Bonchev–Trinajstić information content (AvgIpc) is 2.72. The van der Waals surface area contributed by atoms with Gasteiger partial charge in [-0.15, -0.1) is 0 Å². The Hall–Kier alpha value is -3.01. The molecule has 3 rings (SSSR count). The zero-order valence-corrected chi connectivity index (χ0v) is 16.7. The number of fused-ring (bicyclic) bond motifs is 1. The minimum atomic E-state index is -0.0145. The molecule has 7 heteroatoms. The number of aromatic nitrogens is 1. The van der Waals surface area contributed by atoms with E-state index in [1.165, 1.54) is 0 Å². The summed E-state index contributed by atoms with van der Waals surface area (Å²) in [7, 11) is 1.62. The van der Waals surface area contributed by atoms with Gasteiger partial charge in [-0.25, -0.2) is 9.78 Å². The molecule has 2 heterocycles. The van der Waals surface area contributed by atoms with Gasteiger partial charge in [0.15, 0.2) is 0 Å². The SMILES string of the molecule is COc1ccc2nc(N3CCN(C(=O)NCCC(C)C)CC3)c(C#N)cc2c1. The number of carbonyl (C=O) groups is 1. The second-order valence-corrected chi connectivity index (χ2v) is 7.42. The number of methoxy groups -OCH3 is 1. The molecular weight excluding hydrogens is 354 g/mol. The van der Waals surface area contributed by atoms with Gasteiger partial charge in [0.05, 0.1) is 18.2 Å². The van der Waals surface area contributed by atoms with E-state index in [9.17, 15) is 10.1 Å². The Bertz CT molecular complexity index is 882. The number of nitriles is 1. The number of nitrogens with zero attached hydrogens (tertiary/aromatic N) is 4. The molecule has 1 N–H and O–H groups in total. The minimum Gasteiger partial charge on any atom is -0.497 e. The summed E-state index contributed by atoms with van der Waals surface area (Å²) in [5, 5.41) is 13.5. The number of carbonyl (C=O) groups excluding carboxylic acids is 1. The number of piperazine rings is 1. The highest BCUT2D eigenvalue weighted by molar-refractivity contribution is 5.84. The normalized spacial score (nSPS) is 14.2. The van der Waals surface area contributed by atoms with Crippen LogP contribution in [-0.2, 0) is 0 Å². The van der Waals surface area contributed by atoms with Crippen molar-refractivity contribution in [2.75, 3.05) is 44.7 Å². The number of pyridine rings is 1. The number of urea groups is 1. The van der Waals surface area contributed by atoms with E-state index in [1.807, 2.05) is 29.2 Å². The number of amides is 2. The van der Waals surface area contributed by atoms with E-state index in [0.717, 1.165) is 23.1 Å². The van der Waals surface area contributed by atoms with Crippen LogP contribution in [0.4, 0.5) is 10.6 Å². The summed E-state index contributed by atoms with van der Waals surface area (Å²) in [5.41, 5.74) is 1.36. The van der Waals surface area contributed by atoms with Crippen LogP contribution in [0.25, 0.3) is 10.9 Å². The van der Waals surface area contributed by atoms with Crippen molar-refractivity contribution in [1.82, 2.24) is 15.2 Å². The fourth-order valence-corrected chi connectivity index (χ4v) is 3.30. The Morgan fingerprint density at radius 1 is 1.29 bits per heavy atom. The highest BCUT2D eigenvalue weighted by atomic mass is 16.5. The molecule has 0 bridgehead atoms. The molecule has 148 valence electrons. The second kappa shape index (κ2) is 8.79. The largest absolute Gasteiger partial charge is 0.497 e. The minimum absolute atomic E-state index is 0.0145. The summed E-state index contributed by atoms with van der Waals surface area (Å²) in [6.07, 6.45) is 0.975. The molecule has 0 radical (unpaired) electrons. The van der Waals surface area contributed by atoms with E-state index >= 15 is 0 Å². The third-order valence-electron chi connectivity index (χ3n) is 4.99. The van der Waals surface area contributed by atoms with E-state index in [4.69, 9.17) is 9.72 Å². The average molecular weight is 381 g/mol. The van der Waals surface area contributed by atoms with Crippen LogP contribution >= 0.6 is 0 Å². The van der Waals surface area contributed by atoms with Gasteiger partial charge in [0.1, 0.15) is 17.6 Å². The van der Waals surface area contributed by atoms with Crippen LogP contribution < -0.4 is 15.0 Å². The van der Waals surface area contributed by atoms with Gasteiger partial charge in [-0.05, 0) is 36.6 Å². The monoisotopic (exact) mass is 381 g/mol. The lowest BCUT2D eigenvalue weighted by atomic mass is 10.1. The fraction of sp³-hybridized carbons (Fsp3) is 0.476. The lowest BCUT2D eigenvalue weighted by Gasteiger charge is -2.35. The predicted molar refractivity (Wildman–Crippen MR) is 110 cm³/mol. The van der Waals surface area contributed by atoms with Gasteiger partial charge in [-0.2, -0.15) is 5.26 Å². The van der Waals surface area contributed by atoms with Crippen LogP contribution in [0.5, 0.6) is 5.75 Å². The fourth-order valence-electron chi connectivity index (χ4n) is 3.30. The van der Waals surface area contributed by atoms with Gasteiger partial charge in [0.25, 0.3) is 0 Å². The molecule has 1 saturated heterocycles. The van der Waals surface area contributed by atoms with Gasteiger partial charge in [0.2, 0.25) is 0 Å². The predicted octanol–water partition coefficient (Wildman–Crippen LogP) is 2.99. The lowest BCUT2D eigenvalue weighted by Crippen LogP contribution is -2.52. The van der Waals surface area contributed by atoms with E-state index < -0.39 is 0 Å². The highest BCUT2D eigenvalue weighted by Gasteiger charge is 2.23. The summed E-state index contributed by atoms with van der Waals surface area (Å²) < 4.78 is 5.25. The van der Waals surface area contributed by atoms with Gasteiger partial charge in [0, 0.05) is 38.1 Å². The third kappa shape index (κ3) is 4.45. The molecule has 0 aliphatic carbocycles. The zero-order valence-electron chi connectivity index (χ0n) is 16.7. The molecule has 1 aliphatic rings. The van der Waals surface area contributed by atoms with E-state index in [1.54, 1.807) is 7.11 Å². The first-order chi connectivity index (χ1) is 13.5. The summed E-state index contributed by atoms with van der Waals surface area (Å²) in [4.78, 5) is 20.9. The summed E-state index contributed by atoms with van der Waals surface area (Å²) >= 11 is 0. The number of hydrogen-bond donors (Lipinski definition) is 1. The molecule has 0 atom stereocenters. The first kappa shape index (κ1) is 19.7. The van der Waals surface area contributed by atoms with Crippen molar-refractivity contribution in [2.45, 2.75) is 20.3 Å². The van der Waals surface area contributed by atoms with Crippen molar-refractivity contribution >= 4 is 22.8 Å². The van der Waals surface area contributed by atoms with Crippen LogP contribution in [0.3, 0.4) is 0 Å². The first-order valence-electron chi connectivity index (χ1n) is 9.68. The van der Waals surface area contributed by atoms with Crippen molar-refractivity contribution in [3.05, 3.63) is 29.8 Å². The molecule has 2 amide bonds. The number of nitrogens with one attached hydrogen (secondary N) is 1. The topological polar surface area (TPSA) is 81.5 Å². The Balaban J connectivity index is 1.69. The van der Waals surface area contributed by atoms with Gasteiger partial charge < -0.3 is 19.9 Å². The summed E-state index contributed by atoms with van der Waals surface area (Å²) in [6.45, 7) is 7.52. The molecular formula is C21H27N5O2. The number of ether oxygens (including phenoxy) is 1. The maximum atomic E-state index is 12.3. The van der Waals surface area contributed by atoms with Gasteiger partial charge in [-0.1, -0.05) is 13.8 Å². The summed E-state index contributed by atoms with van der Waals surface area (Å²) in [6, 6.07) is 9.74. The van der Waals surface area contributed by atoms with Crippen LogP contribution in [-0.4, -0.2) is 55.7 Å². The maximum absolute atomic E-state index is 12.3. The standard InChI is InChI=1S/C21H27N5O2/c1-15(2)6-7-23-21(27)26-10-8-25(9-11-26)20-17(14-22)12-16-13-18(28-3)4-5-19(16)24-20/h4-5,12-13,15H,6-11H2,1-3H3,(H,23,27). The third-order valence-corrected chi connectivity index (χ3v) is 4.99. The van der Waals surface area contributed by atoms with Crippen LogP contribution in [0.1, 0.15) is 25.8 Å². The Morgan fingerprint density at radius 3 is 2.68 bits per heavy atom. The molecule has 0 unspecified atom stereocenters. The molecule has 1 aromatic carbocycles. The molecule has 1 fully saturated rings. The van der Waals surface area contributed by atoms with Crippen molar-refractivity contribution in [3.63, 3.8) is 0 Å². The molecule has 28 heavy (non-hydrogen) atoms. The smallest absolute Gasteiger partial charge is 0.317 e. The van der Waals surface area contributed by atoms with E-state index in [2.05, 4.69) is 30.1 Å². The Kier molecular flexibility index (Phi) is 6.19. The van der Waals surface area contributed by atoms with Crippen LogP contribution in [0, 0.1) is 17.2 Å². The van der Waals surface area contributed by atoms with Crippen molar-refractivity contribution < 1.29 is 9.53 Å². The quantitative estimate of drug-likeness (QED) is 0.861. The molecule has 7 nitrogen and oxygen atoms in total. The van der Waals surface area contributed by atoms with Crippen LogP contribution in [0.2, 0.25) is 0 Å². The second-order valence-electron chi connectivity index (χ2n) is 7.42. The first-order valence-corrected chi connectivity index (χ1v) is 9.68.